The Balaban J connectivity index is 1.74. The van der Waals surface area contributed by atoms with E-state index >= 15 is 0 Å². The molecule has 2 aromatic rings. The summed E-state index contributed by atoms with van der Waals surface area (Å²) in [5, 5.41) is 12.3. The predicted molar refractivity (Wildman–Crippen MR) is 99.8 cm³/mol. The number of nitriles is 1. The van der Waals surface area contributed by atoms with Crippen LogP contribution in [0.15, 0.2) is 53.5 Å². The fraction of sp³-hybridized carbons (Fsp3) is 0.333. The molecule has 0 radical (unpaired) electrons. The summed E-state index contributed by atoms with van der Waals surface area (Å²) in [6.45, 7) is 0. The van der Waals surface area contributed by atoms with E-state index in [1.807, 2.05) is 43.6 Å². The topological polar surface area (TPSA) is 57.4 Å². The molecule has 0 heterocycles. The Labute approximate surface area is 149 Å². The summed E-state index contributed by atoms with van der Waals surface area (Å²) in [4.78, 5) is 3.86. The van der Waals surface area contributed by atoms with Crippen LogP contribution in [-0.4, -0.2) is 19.0 Å². The number of nitrogens with zero attached hydrogens (tertiary/aromatic N) is 2. The van der Waals surface area contributed by atoms with Gasteiger partial charge in [-0.15, -0.1) is 4.99 Å². The highest BCUT2D eigenvalue weighted by Gasteiger charge is 2.15. The highest BCUT2D eigenvalue weighted by molar-refractivity contribution is 5.81. The second-order valence-electron chi connectivity index (χ2n) is 6.36. The summed E-state index contributed by atoms with van der Waals surface area (Å²) < 4.78 is 5.78. The van der Waals surface area contributed by atoms with Crippen LogP contribution < -0.4 is 10.1 Å². The monoisotopic (exact) mass is 333 g/mol. The molecule has 1 N–H and O–H groups in total. The fourth-order valence-electron chi connectivity index (χ4n) is 3.31. The molecule has 0 saturated carbocycles. The van der Waals surface area contributed by atoms with E-state index in [4.69, 9.17) is 10.00 Å². The zero-order chi connectivity index (χ0) is 17.5. The van der Waals surface area contributed by atoms with E-state index < -0.39 is 0 Å². The van der Waals surface area contributed by atoms with E-state index in [0.29, 0.717) is 24.1 Å². The van der Waals surface area contributed by atoms with Gasteiger partial charge in [-0.1, -0.05) is 36.4 Å². The normalized spacial score (nSPS) is 17.3. The number of ether oxygens (including phenoxy) is 1. The van der Waals surface area contributed by atoms with Gasteiger partial charge >= 0.3 is 0 Å². The summed E-state index contributed by atoms with van der Waals surface area (Å²) >= 11 is 0. The minimum absolute atomic E-state index is 0.426. The van der Waals surface area contributed by atoms with Gasteiger partial charge in [0.2, 0.25) is 12.1 Å². The molecule has 1 aliphatic carbocycles. The van der Waals surface area contributed by atoms with E-state index in [0.717, 1.165) is 24.8 Å². The fourth-order valence-corrected chi connectivity index (χ4v) is 3.31. The molecular formula is C21H23N3O. The number of fused-ring (bicyclic) bond motifs is 1. The molecule has 1 atom stereocenters. The van der Waals surface area contributed by atoms with Gasteiger partial charge < -0.3 is 10.1 Å². The van der Waals surface area contributed by atoms with Gasteiger partial charge in [-0.05, 0) is 61.6 Å². The number of hydrogen-bond donors (Lipinski definition) is 1. The number of aryl methyl sites for hydroxylation is 2. The van der Waals surface area contributed by atoms with Crippen molar-refractivity contribution in [1.29, 1.82) is 5.26 Å². The van der Waals surface area contributed by atoms with Gasteiger partial charge in [-0.3, -0.25) is 0 Å². The number of rotatable bonds is 4. The first-order valence-corrected chi connectivity index (χ1v) is 8.75. The van der Waals surface area contributed by atoms with Crippen molar-refractivity contribution in [3.8, 4) is 11.9 Å². The Kier molecular flexibility index (Phi) is 5.81. The average Bonchev–Trinajstić information content (AvgIpc) is 2.84. The maximum Gasteiger partial charge on any atom is 0.210 e. The van der Waals surface area contributed by atoms with Gasteiger partial charge in [0.25, 0.3) is 0 Å². The molecule has 3 rings (SSSR count). The first kappa shape index (κ1) is 17.2. The van der Waals surface area contributed by atoms with Crippen molar-refractivity contribution < 1.29 is 4.74 Å². The SMILES string of the molecule is CN[C@H]1CCc2ccc(CC(=NC#N)Oc3ccccc3)cc2CC1. The Morgan fingerprint density at radius 3 is 2.64 bits per heavy atom. The zero-order valence-corrected chi connectivity index (χ0v) is 14.5. The smallest absolute Gasteiger partial charge is 0.210 e. The van der Waals surface area contributed by atoms with Crippen molar-refractivity contribution in [1.82, 2.24) is 5.32 Å². The molecule has 1 aliphatic rings. The summed E-state index contributed by atoms with van der Waals surface area (Å²) in [7, 11) is 2.04. The van der Waals surface area contributed by atoms with Crippen molar-refractivity contribution in [2.24, 2.45) is 4.99 Å². The maximum atomic E-state index is 8.95. The first-order chi connectivity index (χ1) is 12.3. The van der Waals surface area contributed by atoms with Gasteiger partial charge in [0, 0.05) is 6.04 Å². The lowest BCUT2D eigenvalue weighted by Crippen LogP contribution is -2.24. The van der Waals surface area contributed by atoms with Crippen molar-refractivity contribution in [2.75, 3.05) is 7.05 Å². The highest BCUT2D eigenvalue weighted by Crippen LogP contribution is 2.23. The van der Waals surface area contributed by atoms with Crippen LogP contribution >= 0.6 is 0 Å². The van der Waals surface area contributed by atoms with E-state index in [1.165, 1.54) is 17.5 Å². The molecule has 4 heteroatoms. The van der Waals surface area contributed by atoms with Crippen LogP contribution in [0.25, 0.3) is 0 Å². The lowest BCUT2D eigenvalue weighted by molar-refractivity contribution is 0.503. The Morgan fingerprint density at radius 1 is 1.16 bits per heavy atom. The molecule has 25 heavy (non-hydrogen) atoms. The third kappa shape index (κ3) is 4.68. The molecule has 0 spiro atoms. The minimum Gasteiger partial charge on any atom is -0.442 e. The summed E-state index contributed by atoms with van der Waals surface area (Å²) in [5.74, 6) is 1.12. The molecule has 0 aliphatic heterocycles. The van der Waals surface area contributed by atoms with Crippen molar-refractivity contribution in [3.63, 3.8) is 0 Å². The van der Waals surface area contributed by atoms with Crippen molar-refractivity contribution >= 4 is 5.90 Å². The van der Waals surface area contributed by atoms with Crippen LogP contribution in [0.5, 0.6) is 5.75 Å². The molecule has 0 bridgehead atoms. The summed E-state index contributed by atoms with van der Waals surface area (Å²) in [6.07, 6.45) is 6.90. The van der Waals surface area contributed by atoms with E-state index in [1.54, 1.807) is 0 Å². The molecule has 0 aromatic heterocycles. The van der Waals surface area contributed by atoms with Crippen LogP contribution in [-0.2, 0) is 19.3 Å². The third-order valence-corrected chi connectivity index (χ3v) is 4.71. The molecular weight excluding hydrogens is 310 g/mol. The Hall–Kier alpha value is -2.64. The number of para-hydroxylation sites is 1. The Bertz CT molecular complexity index is 777. The molecule has 4 nitrogen and oxygen atoms in total. The lowest BCUT2D eigenvalue weighted by atomic mass is 9.99. The number of hydrogen-bond acceptors (Lipinski definition) is 4. The molecule has 0 fully saturated rings. The molecule has 0 amide bonds. The van der Waals surface area contributed by atoms with Crippen LogP contribution in [0.4, 0.5) is 0 Å². The lowest BCUT2D eigenvalue weighted by Gasteiger charge is -2.11. The van der Waals surface area contributed by atoms with Gasteiger partial charge in [-0.25, -0.2) is 0 Å². The quantitative estimate of drug-likeness (QED) is 0.402. The maximum absolute atomic E-state index is 8.95. The standard InChI is InChI=1S/C21H23N3O/c1-23-19-11-9-17-8-7-16(13-18(17)10-12-19)14-21(24-15-22)25-20-5-3-2-4-6-20/h2-8,13,19,23H,9-12,14H2,1H3/t19-/m0/s1. The minimum atomic E-state index is 0.426. The van der Waals surface area contributed by atoms with Crippen molar-refractivity contribution in [2.45, 2.75) is 38.1 Å². The van der Waals surface area contributed by atoms with Crippen LogP contribution in [0, 0.1) is 11.5 Å². The Morgan fingerprint density at radius 2 is 1.92 bits per heavy atom. The molecule has 0 unspecified atom stereocenters. The second-order valence-corrected chi connectivity index (χ2v) is 6.36. The molecule has 2 aromatic carbocycles. The first-order valence-electron chi connectivity index (χ1n) is 8.75. The highest BCUT2D eigenvalue weighted by atomic mass is 16.5. The van der Waals surface area contributed by atoms with Gasteiger partial charge in [0.1, 0.15) is 5.75 Å². The van der Waals surface area contributed by atoms with E-state index in [9.17, 15) is 0 Å². The van der Waals surface area contributed by atoms with Gasteiger partial charge in [-0.2, -0.15) is 5.26 Å². The van der Waals surface area contributed by atoms with Crippen LogP contribution in [0.3, 0.4) is 0 Å². The van der Waals surface area contributed by atoms with Gasteiger partial charge in [0.05, 0.1) is 6.42 Å². The van der Waals surface area contributed by atoms with Crippen LogP contribution in [0.2, 0.25) is 0 Å². The molecule has 128 valence electrons. The largest absolute Gasteiger partial charge is 0.442 e. The van der Waals surface area contributed by atoms with E-state index in [-0.39, 0.29) is 0 Å². The van der Waals surface area contributed by atoms with E-state index in [2.05, 4.69) is 28.5 Å². The van der Waals surface area contributed by atoms with Gasteiger partial charge in [0.15, 0.2) is 0 Å². The number of nitrogens with one attached hydrogen (secondary N) is 1. The predicted octanol–water partition coefficient (Wildman–Crippen LogP) is 3.65. The van der Waals surface area contributed by atoms with Crippen molar-refractivity contribution in [3.05, 3.63) is 65.2 Å². The third-order valence-electron chi connectivity index (χ3n) is 4.71. The zero-order valence-electron chi connectivity index (χ0n) is 14.5. The summed E-state index contributed by atoms with van der Waals surface area (Å²) in [5.41, 5.74) is 3.97. The number of aliphatic imine (C=N–C) groups is 1. The average molecular weight is 333 g/mol. The number of benzene rings is 2. The second kappa shape index (κ2) is 8.46. The summed E-state index contributed by atoms with van der Waals surface area (Å²) in [6, 6.07) is 16.6. The van der Waals surface area contributed by atoms with Crippen LogP contribution in [0.1, 0.15) is 29.5 Å². The molecule has 0 saturated heterocycles.